The van der Waals surface area contributed by atoms with Gasteiger partial charge in [0.1, 0.15) is 21.2 Å². The highest BCUT2D eigenvalue weighted by molar-refractivity contribution is 14.1. The minimum Gasteiger partial charge on any atom is -0.462 e. The molecule has 0 N–H and O–H groups in total. The SMILES string of the molecule is CCOC(=O)c1sc(-c2cc(I)c3oc(C(C)C)cc3c2)nc1C. The maximum Gasteiger partial charge on any atom is 0.350 e. The van der Waals surface area contributed by atoms with E-state index in [1.807, 2.05) is 13.0 Å². The molecule has 2 aromatic heterocycles. The molecule has 24 heavy (non-hydrogen) atoms. The van der Waals surface area contributed by atoms with Gasteiger partial charge < -0.3 is 9.15 Å². The average molecular weight is 455 g/mol. The lowest BCUT2D eigenvalue weighted by molar-refractivity contribution is 0.0531. The van der Waals surface area contributed by atoms with Gasteiger partial charge in [-0.3, -0.25) is 0 Å². The Morgan fingerprint density at radius 3 is 2.79 bits per heavy atom. The van der Waals surface area contributed by atoms with Crippen molar-refractivity contribution >= 4 is 50.9 Å². The topological polar surface area (TPSA) is 52.3 Å². The van der Waals surface area contributed by atoms with E-state index in [4.69, 9.17) is 9.15 Å². The molecule has 0 fully saturated rings. The van der Waals surface area contributed by atoms with Crippen LogP contribution in [0.1, 0.15) is 47.8 Å². The predicted molar refractivity (Wildman–Crippen MR) is 105 cm³/mol. The van der Waals surface area contributed by atoms with Crippen LogP contribution in [0.5, 0.6) is 0 Å². The van der Waals surface area contributed by atoms with Gasteiger partial charge in [0.15, 0.2) is 0 Å². The van der Waals surface area contributed by atoms with Gasteiger partial charge in [-0.1, -0.05) is 13.8 Å². The van der Waals surface area contributed by atoms with E-state index in [0.717, 1.165) is 30.9 Å². The Labute approximate surface area is 158 Å². The molecule has 0 unspecified atom stereocenters. The van der Waals surface area contributed by atoms with Gasteiger partial charge in [-0.25, -0.2) is 9.78 Å². The molecule has 0 saturated carbocycles. The monoisotopic (exact) mass is 455 g/mol. The Morgan fingerprint density at radius 2 is 2.12 bits per heavy atom. The summed E-state index contributed by atoms with van der Waals surface area (Å²) >= 11 is 3.65. The Hall–Kier alpha value is -1.41. The molecule has 6 heteroatoms. The number of hydrogen-bond donors (Lipinski definition) is 0. The second-order valence-corrected chi connectivity index (χ2v) is 8.00. The zero-order valence-electron chi connectivity index (χ0n) is 14.0. The van der Waals surface area contributed by atoms with Gasteiger partial charge in [0.25, 0.3) is 0 Å². The molecule has 0 aliphatic rings. The van der Waals surface area contributed by atoms with Crippen LogP contribution >= 0.6 is 33.9 Å². The van der Waals surface area contributed by atoms with Gasteiger partial charge in [-0.2, -0.15) is 0 Å². The first-order chi connectivity index (χ1) is 11.4. The van der Waals surface area contributed by atoms with Gasteiger partial charge in [0.2, 0.25) is 0 Å². The summed E-state index contributed by atoms with van der Waals surface area (Å²) in [5, 5.41) is 1.88. The number of carbonyl (C=O) groups excluding carboxylic acids is 1. The first-order valence-electron chi connectivity index (χ1n) is 7.78. The van der Waals surface area contributed by atoms with Crippen molar-refractivity contribution in [2.24, 2.45) is 0 Å². The number of hydrogen-bond acceptors (Lipinski definition) is 5. The van der Waals surface area contributed by atoms with Crippen molar-refractivity contribution in [3.8, 4) is 10.6 Å². The number of halogens is 1. The van der Waals surface area contributed by atoms with E-state index >= 15 is 0 Å². The lowest BCUT2D eigenvalue weighted by atomic mass is 10.1. The molecule has 3 aromatic rings. The highest BCUT2D eigenvalue weighted by Crippen LogP contribution is 2.35. The zero-order valence-corrected chi connectivity index (χ0v) is 16.9. The molecule has 0 atom stereocenters. The number of rotatable bonds is 4. The van der Waals surface area contributed by atoms with Crippen LogP contribution in [0.2, 0.25) is 0 Å². The van der Waals surface area contributed by atoms with Gasteiger partial charge in [-0.05, 0) is 54.6 Å². The van der Waals surface area contributed by atoms with Crippen LogP contribution in [-0.4, -0.2) is 17.6 Å². The van der Waals surface area contributed by atoms with Crippen LogP contribution in [0.25, 0.3) is 21.5 Å². The molecular weight excluding hydrogens is 437 g/mol. The number of benzene rings is 1. The van der Waals surface area contributed by atoms with Gasteiger partial charge in [0, 0.05) is 16.9 Å². The molecule has 4 nitrogen and oxygen atoms in total. The number of nitrogens with zero attached hydrogens (tertiary/aromatic N) is 1. The minimum absolute atomic E-state index is 0.306. The number of furan rings is 1. The van der Waals surface area contributed by atoms with Crippen LogP contribution in [0.4, 0.5) is 0 Å². The highest BCUT2D eigenvalue weighted by Gasteiger charge is 2.19. The van der Waals surface area contributed by atoms with Crippen molar-refractivity contribution in [3.63, 3.8) is 0 Å². The fourth-order valence-electron chi connectivity index (χ4n) is 2.44. The Kier molecular flexibility index (Phi) is 4.96. The van der Waals surface area contributed by atoms with E-state index in [-0.39, 0.29) is 5.97 Å². The maximum absolute atomic E-state index is 12.0. The standard InChI is InChI=1S/C18H18INO3S/c1-5-22-18(21)16-10(4)20-17(24-16)12-6-11-8-14(9(2)3)23-15(11)13(19)7-12/h6-9H,5H2,1-4H3. The van der Waals surface area contributed by atoms with Gasteiger partial charge in [0.05, 0.1) is 15.9 Å². The molecule has 0 aliphatic heterocycles. The van der Waals surface area contributed by atoms with E-state index in [1.165, 1.54) is 11.3 Å². The molecule has 0 radical (unpaired) electrons. The molecule has 3 rings (SSSR count). The van der Waals surface area contributed by atoms with Crippen molar-refractivity contribution < 1.29 is 13.9 Å². The molecule has 0 saturated heterocycles. The first-order valence-corrected chi connectivity index (χ1v) is 9.68. The summed E-state index contributed by atoms with van der Waals surface area (Å²) in [4.78, 5) is 17.1. The van der Waals surface area contributed by atoms with Crippen LogP contribution in [-0.2, 0) is 4.74 Å². The fourth-order valence-corrected chi connectivity index (χ4v) is 4.15. The molecule has 0 bridgehead atoms. The van der Waals surface area contributed by atoms with Crippen LogP contribution in [0.15, 0.2) is 22.6 Å². The number of esters is 1. The molecule has 0 spiro atoms. The van der Waals surface area contributed by atoms with Crippen LogP contribution < -0.4 is 0 Å². The smallest absolute Gasteiger partial charge is 0.350 e. The van der Waals surface area contributed by atoms with Crippen molar-refractivity contribution in [3.05, 3.63) is 38.1 Å². The van der Waals surface area contributed by atoms with Gasteiger partial charge in [-0.15, -0.1) is 11.3 Å². The highest BCUT2D eigenvalue weighted by atomic mass is 127. The Balaban J connectivity index is 2.06. The first kappa shape index (κ1) is 17.4. The summed E-state index contributed by atoms with van der Waals surface area (Å²) in [6.45, 7) is 8.23. The van der Waals surface area contributed by atoms with Crippen molar-refractivity contribution in [1.29, 1.82) is 0 Å². The normalized spacial score (nSPS) is 11.4. The molecule has 0 amide bonds. The second kappa shape index (κ2) is 6.84. The maximum atomic E-state index is 12.0. The third kappa shape index (κ3) is 3.21. The van der Waals surface area contributed by atoms with E-state index in [2.05, 4.69) is 53.6 Å². The molecule has 0 aliphatic carbocycles. The summed E-state index contributed by atoms with van der Waals surface area (Å²) in [7, 11) is 0. The van der Waals surface area contributed by atoms with E-state index < -0.39 is 0 Å². The van der Waals surface area contributed by atoms with Crippen LogP contribution in [0, 0.1) is 10.5 Å². The summed E-state index contributed by atoms with van der Waals surface area (Å²) < 4.78 is 12.1. The summed E-state index contributed by atoms with van der Waals surface area (Å²) in [5.74, 6) is 1.01. The number of aryl methyl sites for hydroxylation is 1. The molecule has 126 valence electrons. The number of ether oxygens (including phenoxy) is 1. The lowest BCUT2D eigenvalue weighted by Gasteiger charge is -2.00. The minimum atomic E-state index is -0.306. The molecule has 2 heterocycles. The molecule has 1 aromatic carbocycles. The summed E-state index contributed by atoms with van der Waals surface area (Å²) in [6.07, 6.45) is 0. The number of fused-ring (bicyclic) bond motifs is 1. The zero-order chi connectivity index (χ0) is 17.4. The predicted octanol–water partition coefficient (Wildman–Crippen LogP) is 5.77. The lowest BCUT2D eigenvalue weighted by Crippen LogP contribution is -2.03. The number of carbonyl (C=O) groups is 1. The van der Waals surface area contributed by atoms with Crippen molar-refractivity contribution in [2.45, 2.75) is 33.6 Å². The van der Waals surface area contributed by atoms with Crippen LogP contribution in [0.3, 0.4) is 0 Å². The number of thiazole rings is 1. The van der Waals surface area contributed by atoms with E-state index in [0.29, 0.717) is 23.1 Å². The Bertz CT molecular complexity index is 911. The second-order valence-electron chi connectivity index (χ2n) is 5.83. The van der Waals surface area contributed by atoms with E-state index in [9.17, 15) is 4.79 Å². The van der Waals surface area contributed by atoms with E-state index in [1.54, 1.807) is 6.92 Å². The van der Waals surface area contributed by atoms with Crippen molar-refractivity contribution in [2.75, 3.05) is 6.61 Å². The largest absolute Gasteiger partial charge is 0.462 e. The molecular formula is C18H18INO3S. The summed E-state index contributed by atoms with van der Waals surface area (Å²) in [5.41, 5.74) is 2.60. The third-order valence-corrected chi connectivity index (χ3v) is 5.65. The van der Waals surface area contributed by atoms with Gasteiger partial charge >= 0.3 is 5.97 Å². The average Bonchev–Trinajstić information content (AvgIpc) is 3.11. The number of aromatic nitrogens is 1. The fraction of sp³-hybridized carbons (Fsp3) is 0.333. The summed E-state index contributed by atoms with van der Waals surface area (Å²) in [6, 6.07) is 6.20. The van der Waals surface area contributed by atoms with Crippen molar-refractivity contribution in [1.82, 2.24) is 4.98 Å². The Morgan fingerprint density at radius 1 is 1.38 bits per heavy atom. The third-order valence-electron chi connectivity index (χ3n) is 3.66. The quantitative estimate of drug-likeness (QED) is 0.370.